The zero-order valence-electron chi connectivity index (χ0n) is 3.70. The van der Waals surface area contributed by atoms with Gasteiger partial charge in [-0.05, 0) is 5.92 Å². The van der Waals surface area contributed by atoms with E-state index < -0.39 is 0 Å². The van der Waals surface area contributed by atoms with Gasteiger partial charge < -0.3 is 0 Å². The van der Waals surface area contributed by atoms with Crippen LogP contribution in [-0.4, -0.2) is 0 Å². The molecule has 0 bridgehead atoms. The average Bonchev–Trinajstić information content (AvgIpc) is 1.30. The summed E-state index contributed by atoms with van der Waals surface area (Å²) in [6.45, 7) is 2.31. The van der Waals surface area contributed by atoms with E-state index in [1.165, 1.54) is 19.3 Å². The Hall–Kier alpha value is 0. The van der Waals surface area contributed by atoms with E-state index in [4.69, 9.17) is 0 Å². The van der Waals surface area contributed by atoms with E-state index in [-0.39, 0.29) is 7.43 Å². The van der Waals surface area contributed by atoms with E-state index in [9.17, 15) is 0 Å². The van der Waals surface area contributed by atoms with Crippen molar-refractivity contribution in [1.29, 1.82) is 0 Å². The lowest BCUT2D eigenvalue weighted by molar-refractivity contribution is 0.346. The maximum atomic E-state index is 2.31. The molecule has 0 spiro atoms. The quantitative estimate of drug-likeness (QED) is 0.424. The summed E-state index contributed by atoms with van der Waals surface area (Å²) in [4.78, 5) is 0. The van der Waals surface area contributed by atoms with Crippen molar-refractivity contribution in [3.05, 3.63) is 0 Å². The predicted molar refractivity (Wildman–Crippen MR) is 29.7 cm³/mol. The second kappa shape index (κ2) is 2.22. The SMILES string of the molecule is C.CC1CCC1. The molecule has 0 N–H and O–H groups in total. The second-order valence-electron chi connectivity index (χ2n) is 2.04. The normalized spacial score (nSPS) is 21.5. The van der Waals surface area contributed by atoms with Crippen molar-refractivity contribution in [3.63, 3.8) is 0 Å². The third kappa shape index (κ3) is 1.00. The van der Waals surface area contributed by atoms with Crippen LogP contribution in [-0.2, 0) is 0 Å². The molecular formula is C6H14. The first-order valence-electron chi connectivity index (χ1n) is 2.39. The van der Waals surface area contributed by atoms with Gasteiger partial charge in [0.15, 0.2) is 0 Å². The van der Waals surface area contributed by atoms with Crippen LogP contribution in [0.1, 0.15) is 33.6 Å². The van der Waals surface area contributed by atoms with Crippen molar-refractivity contribution in [2.75, 3.05) is 0 Å². The third-order valence-electron chi connectivity index (χ3n) is 1.39. The molecular weight excluding hydrogens is 72.1 g/mol. The molecule has 0 radical (unpaired) electrons. The highest BCUT2D eigenvalue weighted by Crippen LogP contribution is 2.24. The first-order chi connectivity index (χ1) is 2.39. The van der Waals surface area contributed by atoms with Crippen LogP contribution in [0.2, 0.25) is 0 Å². The monoisotopic (exact) mass is 86.1 g/mol. The molecule has 1 saturated carbocycles. The van der Waals surface area contributed by atoms with Crippen LogP contribution in [0.3, 0.4) is 0 Å². The van der Waals surface area contributed by atoms with Gasteiger partial charge in [-0.1, -0.05) is 33.6 Å². The molecule has 1 aliphatic carbocycles. The van der Waals surface area contributed by atoms with Gasteiger partial charge in [-0.15, -0.1) is 0 Å². The maximum Gasteiger partial charge on any atom is -0.0443 e. The third-order valence-corrected chi connectivity index (χ3v) is 1.39. The molecule has 38 valence electrons. The molecule has 0 aromatic rings. The Morgan fingerprint density at radius 2 is 1.67 bits per heavy atom. The summed E-state index contributed by atoms with van der Waals surface area (Å²) in [5.41, 5.74) is 0. The van der Waals surface area contributed by atoms with Crippen molar-refractivity contribution >= 4 is 0 Å². The smallest absolute Gasteiger partial charge is 0.0443 e. The summed E-state index contributed by atoms with van der Waals surface area (Å²) in [6, 6.07) is 0. The second-order valence-corrected chi connectivity index (χ2v) is 2.04. The van der Waals surface area contributed by atoms with E-state index in [0.717, 1.165) is 5.92 Å². The molecule has 0 unspecified atom stereocenters. The molecule has 0 aromatic carbocycles. The molecule has 0 aliphatic heterocycles. The fourth-order valence-corrected chi connectivity index (χ4v) is 0.612. The van der Waals surface area contributed by atoms with Gasteiger partial charge in [-0.25, -0.2) is 0 Å². The van der Waals surface area contributed by atoms with Crippen LogP contribution < -0.4 is 0 Å². The summed E-state index contributed by atoms with van der Waals surface area (Å²) in [6.07, 6.45) is 4.46. The Kier molecular flexibility index (Phi) is 2.22. The fourth-order valence-electron chi connectivity index (χ4n) is 0.612. The van der Waals surface area contributed by atoms with E-state index in [0.29, 0.717) is 0 Å². The molecule has 0 saturated heterocycles. The molecule has 0 aromatic heterocycles. The zero-order valence-corrected chi connectivity index (χ0v) is 3.70. The molecule has 0 nitrogen and oxygen atoms in total. The highest BCUT2D eigenvalue weighted by atomic mass is 14.1. The lowest BCUT2D eigenvalue weighted by Crippen LogP contribution is -2.04. The topological polar surface area (TPSA) is 0 Å². The zero-order chi connectivity index (χ0) is 3.70. The molecule has 1 aliphatic rings. The van der Waals surface area contributed by atoms with Crippen molar-refractivity contribution in [2.45, 2.75) is 33.6 Å². The van der Waals surface area contributed by atoms with Gasteiger partial charge in [0.1, 0.15) is 0 Å². The standard InChI is InChI=1S/C5H10.CH4/c1-5-3-2-4-5;/h5H,2-4H2,1H3;1H4. The Balaban J connectivity index is 0.000000250. The van der Waals surface area contributed by atoms with Gasteiger partial charge in [0.2, 0.25) is 0 Å². The molecule has 0 heterocycles. The Bertz CT molecular complexity index is 27.0. The Morgan fingerprint density at radius 3 is 1.67 bits per heavy atom. The fraction of sp³-hybridized carbons (Fsp3) is 1.00. The van der Waals surface area contributed by atoms with Crippen molar-refractivity contribution in [2.24, 2.45) is 5.92 Å². The van der Waals surface area contributed by atoms with Crippen LogP contribution in [0.25, 0.3) is 0 Å². The summed E-state index contributed by atoms with van der Waals surface area (Å²) >= 11 is 0. The minimum absolute atomic E-state index is 0. The minimum Gasteiger partial charge on any atom is -0.0776 e. The number of hydrogen-bond acceptors (Lipinski definition) is 0. The molecule has 0 amide bonds. The summed E-state index contributed by atoms with van der Waals surface area (Å²) in [5.74, 6) is 1.06. The summed E-state index contributed by atoms with van der Waals surface area (Å²) in [5, 5.41) is 0. The lowest BCUT2D eigenvalue weighted by Gasteiger charge is -2.18. The number of rotatable bonds is 0. The van der Waals surface area contributed by atoms with Crippen molar-refractivity contribution in [3.8, 4) is 0 Å². The highest BCUT2D eigenvalue weighted by Gasteiger charge is 2.09. The summed E-state index contributed by atoms with van der Waals surface area (Å²) < 4.78 is 0. The van der Waals surface area contributed by atoms with Crippen molar-refractivity contribution in [1.82, 2.24) is 0 Å². The predicted octanol–water partition coefficient (Wildman–Crippen LogP) is 2.44. The van der Waals surface area contributed by atoms with Crippen LogP contribution in [0.5, 0.6) is 0 Å². The van der Waals surface area contributed by atoms with E-state index in [1.807, 2.05) is 0 Å². The first kappa shape index (κ1) is 6.00. The van der Waals surface area contributed by atoms with Gasteiger partial charge in [-0.3, -0.25) is 0 Å². The molecule has 0 atom stereocenters. The van der Waals surface area contributed by atoms with Crippen LogP contribution in [0.15, 0.2) is 0 Å². The van der Waals surface area contributed by atoms with Crippen LogP contribution in [0, 0.1) is 5.92 Å². The van der Waals surface area contributed by atoms with Crippen molar-refractivity contribution < 1.29 is 0 Å². The van der Waals surface area contributed by atoms with Gasteiger partial charge >= 0.3 is 0 Å². The van der Waals surface area contributed by atoms with Crippen LogP contribution >= 0.6 is 0 Å². The first-order valence-corrected chi connectivity index (χ1v) is 2.39. The van der Waals surface area contributed by atoms with E-state index >= 15 is 0 Å². The van der Waals surface area contributed by atoms with Crippen LogP contribution in [0.4, 0.5) is 0 Å². The minimum atomic E-state index is 0. The highest BCUT2D eigenvalue weighted by molar-refractivity contribution is 4.62. The Morgan fingerprint density at radius 1 is 1.33 bits per heavy atom. The maximum absolute atomic E-state index is 2.31. The van der Waals surface area contributed by atoms with Gasteiger partial charge in [-0.2, -0.15) is 0 Å². The molecule has 0 heteroatoms. The van der Waals surface area contributed by atoms with Gasteiger partial charge in [0.25, 0.3) is 0 Å². The van der Waals surface area contributed by atoms with E-state index in [2.05, 4.69) is 6.92 Å². The average molecular weight is 86.2 g/mol. The number of hydrogen-bond donors (Lipinski definition) is 0. The summed E-state index contributed by atoms with van der Waals surface area (Å²) in [7, 11) is 0. The Labute approximate surface area is 40.6 Å². The van der Waals surface area contributed by atoms with Gasteiger partial charge in [0.05, 0.1) is 0 Å². The lowest BCUT2D eigenvalue weighted by atomic mass is 9.88. The van der Waals surface area contributed by atoms with E-state index in [1.54, 1.807) is 0 Å². The molecule has 1 fully saturated rings. The largest absolute Gasteiger partial charge is 0.0776 e. The van der Waals surface area contributed by atoms with Gasteiger partial charge in [0, 0.05) is 0 Å². The molecule has 6 heavy (non-hydrogen) atoms. The molecule has 1 rings (SSSR count).